The molecule has 2 rings (SSSR count). The second-order valence-corrected chi connectivity index (χ2v) is 17.2. The predicted octanol–water partition coefficient (Wildman–Crippen LogP) is 6.07. The highest BCUT2D eigenvalue weighted by atomic mass is 32.2. The normalized spacial score (nSPS) is 12.6. The Morgan fingerprint density at radius 1 is 1.35 bits per heavy atom. The Morgan fingerprint density at radius 2 is 2.03 bits per heavy atom. The molecule has 0 bridgehead atoms. The van der Waals surface area contributed by atoms with Crippen LogP contribution in [-0.2, 0) is 11.5 Å². The third-order valence-electron chi connectivity index (χ3n) is 4.42. The van der Waals surface area contributed by atoms with Gasteiger partial charge in [-0.3, -0.25) is 10.1 Å². The van der Waals surface area contributed by atoms with Crippen LogP contribution in [0.3, 0.4) is 0 Å². The zero-order valence-corrected chi connectivity index (χ0v) is 21.9. The molecule has 0 spiro atoms. The first-order chi connectivity index (χ1) is 15.7. The molecule has 0 radical (unpaired) electrons. The lowest BCUT2D eigenvalue weighted by atomic mass is 10.1. The Hall–Kier alpha value is -2.51. The fourth-order valence-electron chi connectivity index (χ4n) is 2.95. The van der Waals surface area contributed by atoms with Gasteiger partial charge in [0, 0.05) is 29.9 Å². The molecule has 1 N–H and O–H groups in total. The number of alkyl halides is 2. The summed E-state index contributed by atoms with van der Waals surface area (Å²) in [5, 5.41) is 27.9. The van der Waals surface area contributed by atoms with Gasteiger partial charge in [0.2, 0.25) is 0 Å². The van der Waals surface area contributed by atoms with Gasteiger partial charge in [-0.1, -0.05) is 45.6 Å². The summed E-state index contributed by atoms with van der Waals surface area (Å²) in [6.45, 7) is 9.59. The molecule has 9 nitrogen and oxygen atoms in total. The van der Waals surface area contributed by atoms with Crippen molar-refractivity contribution in [2.24, 2.45) is 5.16 Å². The van der Waals surface area contributed by atoms with E-state index < -0.39 is 19.6 Å². The van der Waals surface area contributed by atoms with Gasteiger partial charge in [0.15, 0.2) is 5.69 Å². The van der Waals surface area contributed by atoms with E-state index in [1.54, 1.807) is 0 Å². The highest BCUT2D eigenvalue weighted by Crippen LogP contribution is 2.43. The van der Waals surface area contributed by atoms with Gasteiger partial charge in [0.05, 0.1) is 16.7 Å². The van der Waals surface area contributed by atoms with Gasteiger partial charge in [-0.2, -0.15) is 13.9 Å². The van der Waals surface area contributed by atoms with E-state index in [2.05, 4.69) is 29.9 Å². The molecule has 0 atom stereocenters. The van der Waals surface area contributed by atoms with E-state index in [1.165, 1.54) is 28.6 Å². The monoisotopic (exact) mass is 516 g/mol. The molecule has 0 saturated heterocycles. The molecule has 188 valence electrons. The van der Waals surface area contributed by atoms with Gasteiger partial charge in [-0.05, 0) is 18.2 Å². The maximum absolute atomic E-state index is 13.3. The van der Waals surface area contributed by atoms with Crippen LogP contribution in [0.2, 0.25) is 25.7 Å². The molecule has 1 aromatic heterocycles. The van der Waals surface area contributed by atoms with E-state index in [9.17, 15) is 18.9 Å². The number of aromatic nitrogens is 2. The maximum atomic E-state index is 13.3. The number of oxime groups is 1. The standard InChI is InChI=1S/C21H30F2N4O5SSi/c1-21(2,3)33-18-10-15(17(32-20(22)23)9-14(18)11-25-28)19-16(27(29)30)12-24-26(19)13-31-7-8-34(4,5)6/h9-12,20,28H,7-8,13H2,1-6H3/b25-11+. The molecule has 0 saturated carbocycles. The van der Waals surface area contributed by atoms with Crippen LogP contribution in [0.1, 0.15) is 26.3 Å². The van der Waals surface area contributed by atoms with Crippen LogP contribution in [0.4, 0.5) is 14.5 Å². The van der Waals surface area contributed by atoms with Crippen LogP contribution in [0.15, 0.2) is 28.4 Å². The number of ether oxygens (including phenoxy) is 2. The molecule has 1 aromatic carbocycles. The average molecular weight is 517 g/mol. The van der Waals surface area contributed by atoms with Crippen molar-refractivity contribution in [2.75, 3.05) is 6.61 Å². The summed E-state index contributed by atoms with van der Waals surface area (Å²) in [7, 11) is -1.36. The van der Waals surface area contributed by atoms with Crippen molar-refractivity contribution >= 4 is 31.7 Å². The van der Waals surface area contributed by atoms with Crippen molar-refractivity contribution in [3.05, 3.63) is 34.0 Å². The van der Waals surface area contributed by atoms with E-state index in [-0.39, 0.29) is 34.2 Å². The van der Waals surface area contributed by atoms with Crippen LogP contribution in [0, 0.1) is 10.1 Å². The third kappa shape index (κ3) is 8.06. The zero-order valence-electron chi connectivity index (χ0n) is 20.0. The Morgan fingerprint density at radius 3 is 2.56 bits per heavy atom. The number of hydrogen-bond acceptors (Lipinski definition) is 8. The summed E-state index contributed by atoms with van der Waals surface area (Å²) in [6.07, 6.45) is 2.16. The topological polar surface area (TPSA) is 112 Å². The minimum absolute atomic E-state index is 0.0168. The second kappa shape index (κ2) is 11.3. The molecule has 0 amide bonds. The lowest BCUT2D eigenvalue weighted by Gasteiger charge is -2.21. The molecule has 34 heavy (non-hydrogen) atoms. The molecule has 0 aliphatic rings. The van der Waals surface area contributed by atoms with Crippen molar-refractivity contribution < 1.29 is 28.4 Å². The van der Waals surface area contributed by atoms with Gasteiger partial charge < -0.3 is 14.7 Å². The molecule has 0 aliphatic carbocycles. The molecule has 0 fully saturated rings. The SMILES string of the molecule is CC(C)(C)Sc1cc(-c2c([N+](=O)[O-])cnn2COCC[Si](C)(C)C)c(OC(F)F)cc1/C=N/O. The number of benzene rings is 1. The number of thioether (sulfide) groups is 1. The van der Waals surface area contributed by atoms with Crippen LogP contribution in [0.5, 0.6) is 5.75 Å². The highest BCUT2D eigenvalue weighted by molar-refractivity contribution is 8.00. The molecule has 0 unspecified atom stereocenters. The first-order valence-electron chi connectivity index (χ1n) is 10.5. The molecular weight excluding hydrogens is 486 g/mol. The van der Waals surface area contributed by atoms with Crippen molar-refractivity contribution in [3.63, 3.8) is 0 Å². The minimum atomic E-state index is -3.18. The predicted molar refractivity (Wildman–Crippen MR) is 130 cm³/mol. The van der Waals surface area contributed by atoms with E-state index in [4.69, 9.17) is 14.7 Å². The molecule has 1 heterocycles. The summed E-state index contributed by atoms with van der Waals surface area (Å²) in [5.41, 5.74) is -0.0119. The molecule has 13 heteroatoms. The lowest BCUT2D eigenvalue weighted by Crippen LogP contribution is -2.22. The first kappa shape index (κ1) is 27.7. The van der Waals surface area contributed by atoms with E-state index in [1.807, 2.05) is 20.8 Å². The van der Waals surface area contributed by atoms with Crippen LogP contribution < -0.4 is 4.74 Å². The summed E-state index contributed by atoms with van der Waals surface area (Å²) >= 11 is 1.38. The fourth-order valence-corrected chi connectivity index (χ4v) is 4.77. The number of halogens is 2. The first-order valence-corrected chi connectivity index (χ1v) is 15.0. The van der Waals surface area contributed by atoms with Crippen LogP contribution >= 0.6 is 11.8 Å². The van der Waals surface area contributed by atoms with E-state index in [0.717, 1.165) is 18.5 Å². The smallest absolute Gasteiger partial charge is 0.387 e. The van der Waals surface area contributed by atoms with Crippen molar-refractivity contribution in [3.8, 4) is 17.0 Å². The summed E-state index contributed by atoms with van der Waals surface area (Å²) in [5.74, 6) is -0.310. The summed E-state index contributed by atoms with van der Waals surface area (Å²) in [6, 6.07) is 3.66. The Kier molecular flexibility index (Phi) is 9.20. The van der Waals surface area contributed by atoms with Crippen molar-refractivity contribution in [1.82, 2.24) is 9.78 Å². The quantitative estimate of drug-likeness (QED) is 0.0733. The summed E-state index contributed by atoms with van der Waals surface area (Å²) < 4.78 is 37.9. The third-order valence-corrected chi connectivity index (χ3v) is 7.31. The van der Waals surface area contributed by atoms with E-state index in [0.29, 0.717) is 17.1 Å². The Bertz CT molecular complexity index is 1040. The summed E-state index contributed by atoms with van der Waals surface area (Å²) in [4.78, 5) is 11.7. The van der Waals surface area contributed by atoms with Gasteiger partial charge in [0.1, 0.15) is 18.7 Å². The largest absolute Gasteiger partial charge is 0.434 e. The van der Waals surface area contributed by atoms with Gasteiger partial charge in [0.25, 0.3) is 0 Å². The molecule has 2 aromatic rings. The molecular formula is C21H30F2N4O5SSi. The lowest BCUT2D eigenvalue weighted by molar-refractivity contribution is -0.384. The van der Waals surface area contributed by atoms with Crippen LogP contribution in [-0.4, -0.2) is 52.2 Å². The fraction of sp³-hybridized carbons (Fsp3) is 0.524. The minimum Gasteiger partial charge on any atom is -0.434 e. The zero-order chi connectivity index (χ0) is 25.7. The highest BCUT2D eigenvalue weighted by Gasteiger charge is 2.28. The number of rotatable bonds is 11. The number of nitro groups is 1. The van der Waals surface area contributed by atoms with Gasteiger partial charge >= 0.3 is 12.3 Å². The van der Waals surface area contributed by atoms with Crippen LogP contribution in [0.25, 0.3) is 11.3 Å². The Labute approximate surface area is 202 Å². The average Bonchev–Trinajstić information content (AvgIpc) is 3.09. The van der Waals surface area contributed by atoms with E-state index >= 15 is 0 Å². The van der Waals surface area contributed by atoms with Crippen molar-refractivity contribution in [2.45, 2.75) is 69.4 Å². The van der Waals surface area contributed by atoms with Crippen molar-refractivity contribution in [1.29, 1.82) is 0 Å². The maximum Gasteiger partial charge on any atom is 0.387 e. The Balaban J connectivity index is 2.65. The molecule has 0 aliphatic heterocycles. The number of nitrogens with zero attached hydrogens (tertiary/aromatic N) is 4. The number of hydrogen-bond donors (Lipinski definition) is 1. The second-order valence-electron chi connectivity index (χ2n) is 9.71. The van der Waals surface area contributed by atoms with Gasteiger partial charge in [-0.25, -0.2) is 4.68 Å². The van der Waals surface area contributed by atoms with Gasteiger partial charge in [-0.15, -0.1) is 11.8 Å².